The van der Waals surface area contributed by atoms with Gasteiger partial charge in [-0.2, -0.15) is 0 Å². The van der Waals surface area contributed by atoms with Gasteiger partial charge in [0.1, 0.15) is 0 Å². The van der Waals surface area contributed by atoms with Gasteiger partial charge in [-0.3, -0.25) is 0 Å². The average molecular weight is 242 g/mol. The van der Waals surface area contributed by atoms with Gasteiger partial charge in [-0.1, -0.05) is 0 Å². The summed E-state index contributed by atoms with van der Waals surface area (Å²) in [5, 5.41) is 8.01. The molecule has 5 heteroatoms. The van der Waals surface area contributed by atoms with Gasteiger partial charge in [-0.25, -0.2) is 4.79 Å². The molecule has 0 saturated carbocycles. The van der Waals surface area contributed by atoms with Crippen LogP contribution in [0.2, 0.25) is 0 Å². The van der Waals surface area contributed by atoms with Gasteiger partial charge in [0.15, 0.2) is 0 Å². The lowest BCUT2D eigenvalue weighted by Crippen LogP contribution is -2.31. The summed E-state index contributed by atoms with van der Waals surface area (Å²) >= 11 is 1.75. The van der Waals surface area contributed by atoms with Crippen molar-refractivity contribution in [1.82, 2.24) is 10.6 Å². The molecule has 0 atom stereocenters. The Labute approximate surface area is 100 Å². The third-order valence-corrected chi connectivity index (χ3v) is 3.12. The van der Waals surface area contributed by atoms with Crippen molar-refractivity contribution in [3.8, 4) is 0 Å². The Bertz CT molecular complexity index is 326. The van der Waals surface area contributed by atoms with Crippen LogP contribution in [0.4, 0.5) is 4.79 Å². The molecule has 1 amide bonds. The molecule has 1 rings (SSSR count). The number of carbonyl (C=O) groups excluding carboxylic acids is 1. The second kappa shape index (κ2) is 7.24. The Balaban J connectivity index is 2.04. The Morgan fingerprint density at radius 3 is 2.94 bits per heavy atom. The number of rotatable bonds is 6. The van der Waals surface area contributed by atoms with E-state index >= 15 is 0 Å². The van der Waals surface area contributed by atoms with Gasteiger partial charge in [0, 0.05) is 24.5 Å². The van der Waals surface area contributed by atoms with Crippen molar-refractivity contribution in [3.63, 3.8) is 0 Å². The molecule has 0 spiro atoms. The first kappa shape index (κ1) is 13.0. The molecule has 1 aromatic heterocycles. The van der Waals surface area contributed by atoms with Crippen LogP contribution in [-0.4, -0.2) is 25.8 Å². The van der Waals surface area contributed by atoms with Gasteiger partial charge in [0.05, 0.1) is 6.61 Å². The van der Waals surface area contributed by atoms with Gasteiger partial charge in [0.2, 0.25) is 0 Å². The minimum Gasteiger partial charge on any atom is -0.450 e. The zero-order chi connectivity index (χ0) is 11.8. The van der Waals surface area contributed by atoms with E-state index < -0.39 is 0 Å². The SMILES string of the molecule is CCOC(=O)NCCNCc1sccc1C. The van der Waals surface area contributed by atoms with Crippen LogP contribution in [0.5, 0.6) is 0 Å². The van der Waals surface area contributed by atoms with E-state index in [9.17, 15) is 4.79 Å². The molecule has 2 N–H and O–H groups in total. The lowest BCUT2D eigenvalue weighted by Gasteiger charge is -2.06. The number of hydrogen-bond acceptors (Lipinski definition) is 4. The number of hydrogen-bond donors (Lipinski definition) is 2. The van der Waals surface area contributed by atoms with Crippen LogP contribution in [0.3, 0.4) is 0 Å². The number of ether oxygens (including phenoxy) is 1. The molecule has 0 aliphatic heterocycles. The van der Waals surface area contributed by atoms with Crippen molar-refractivity contribution in [3.05, 3.63) is 21.9 Å². The monoisotopic (exact) mass is 242 g/mol. The zero-order valence-corrected chi connectivity index (χ0v) is 10.5. The third-order valence-electron chi connectivity index (χ3n) is 2.10. The summed E-state index contributed by atoms with van der Waals surface area (Å²) in [5.41, 5.74) is 1.32. The first-order valence-corrected chi connectivity index (χ1v) is 6.26. The van der Waals surface area contributed by atoms with E-state index in [1.54, 1.807) is 18.3 Å². The molecule has 90 valence electrons. The van der Waals surface area contributed by atoms with Gasteiger partial charge in [-0.05, 0) is 30.9 Å². The lowest BCUT2D eigenvalue weighted by molar-refractivity contribution is 0.152. The normalized spacial score (nSPS) is 10.1. The van der Waals surface area contributed by atoms with Crippen molar-refractivity contribution in [2.24, 2.45) is 0 Å². The molecule has 0 saturated heterocycles. The van der Waals surface area contributed by atoms with Crippen molar-refractivity contribution in [1.29, 1.82) is 0 Å². The zero-order valence-electron chi connectivity index (χ0n) is 9.71. The van der Waals surface area contributed by atoms with Crippen molar-refractivity contribution >= 4 is 17.4 Å². The fourth-order valence-corrected chi connectivity index (χ4v) is 2.10. The van der Waals surface area contributed by atoms with E-state index in [4.69, 9.17) is 4.74 Å². The number of carbonyl (C=O) groups is 1. The third kappa shape index (κ3) is 4.63. The minimum absolute atomic E-state index is 0.350. The molecular weight excluding hydrogens is 224 g/mol. The summed E-state index contributed by atoms with van der Waals surface area (Å²) in [5.74, 6) is 0. The number of nitrogens with one attached hydrogen (secondary N) is 2. The van der Waals surface area contributed by atoms with Gasteiger partial charge >= 0.3 is 6.09 Å². The predicted molar refractivity (Wildman–Crippen MR) is 65.8 cm³/mol. The Morgan fingerprint density at radius 1 is 1.50 bits per heavy atom. The molecule has 0 aliphatic carbocycles. The topological polar surface area (TPSA) is 50.4 Å². The molecule has 4 nitrogen and oxygen atoms in total. The Kier molecular flexibility index (Phi) is 5.88. The van der Waals surface area contributed by atoms with E-state index in [1.165, 1.54) is 10.4 Å². The molecule has 0 unspecified atom stereocenters. The average Bonchev–Trinajstić information content (AvgIpc) is 2.64. The van der Waals surface area contributed by atoms with E-state index in [0.29, 0.717) is 13.2 Å². The highest BCUT2D eigenvalue weighted by atomic mass is 32.1. The maximum Gasteiger partial charge on any atom is 0.407 e. The minimum atomic E-state index is -0.350. The van der Waals surface area contributed by atoms with Crippen LogP contribution >= 0.6 is 11.3 Å². The number of amides is 1. The van der Waals surface area contributed by atoms with Gasteiger partial charge < -0.3 is 15.4 Å². The maximum absolute atomic E-state index is 10.9. The van der Waals surface area contributed by atoms with Crippen LogP contribution in [0, 0.1) is 6.92 Å². The van der Waals surface area contributed by atoms with E-state index in [-0.39, 0.29) is 6.09 Å². The number of aryl methyl sites for hydroxylation is 1. The van der Waals surface area contributed by atoms with Crippen LogP contribution in [-0.2, 0) is 11.3 Å². The molecule has 1 heterocycles. The van der Waals surface area contributed by atoms with Crippen molar-refractivity contribution in [2.75, 3.05) is 19.7 Å². The highest BCUT2D eigenvalue weighted by molar-refractivity contribution is 7.10. The molecular formula is C11H18N2O2S. The van der Waals surface area contributed by atoms with E-state index in [0.717, 1.165) is 13.1 Å². The number of alkyl carbamates (subject to hydrolysis) is 1. The van der Waals surface area contributed by atoms with Crippen molar-refractivity contribution < 1.29 is 9.53 Å². The number of thiophene rings is 1. The van der Waals surface area contributed by atoms with Gasteiger partial charge in [-0.15, -0.1) is 11.3 Å². The largest absolute Gasteiger partial charge is 0.450 e. The molecule has 0 aliphatic rings. The molecule has 0 aromatic carbocycles. The Hall–Kier alpha value is -1.07. The highest BCUT2D eigenvalue weighted by Crippen LogP contribution is 2.14. The summed E-state index contributed by atoms with van der Waals surface area (Å²) in [7, 11) is 0. The van der Waals surface area contributed by atoms with Gasteiger partial charge in [0.25, 0.3) is 0 Å². The molecule has 16 heavy (non-hydrogen) atoms. The fraction of sp³-hybridized carbons (Fsp3) is 0.545. The van der Waals surface area contributed by atoms with Crippen LogP contribution in [0.25, 0.3) is 0 Å². The smallest absolute Gasteiger partial charge is 0.407 e. The summed E-state index contributed by atoms with van der Waals surface area (Å²) in [4.78, 5) is 12.3. The quantitative estimate of drug-likeness (QED) is 0.749. The highest BCUT2D eigenvalue weighted by Gasteiger charge is 2.00. The predicted octanol–water partition coefficient (Wildman–Crippen LogP) is 1.89. The van der Waals surface area contributed by atoms with E-state index in [2.05, 4.69) is 29.0 Å². The first-order valence-electron chi connectivity index (χ1n) is 5.38. The van der Waals surface area contributed by atoms with Crippen molar-refractivity contribution in [2.45, 2.75) is 20.4 Å². The summed E-state index contributed by atoms with van der Waals surface area (Å²) in [6.45, 7) is 6.49. The molecule has 1 aromatic rings. The second-order valence-electron chi connectivity index (χ2n) is 3.35. The lowest BCUT2D eigenvalue weighted by atomic mass is 10.3. The molecule has 0 fully saturated rings. The first-order chi connectivity index (χ1) is 7.74. The van der Waals surface area contributed by atoms with Crippen LogP contribution < -0.4 is 10.6 Å². The van der Waals surface area contributed by atoms with Crippen LogP contribution in [0.15, 0.2) is 11.4 Å². The standard InChI is InChI=1S/C11H18N2O2S/c1-3-15-11(14)13-6-5-12-8-10-9(2)4-7-16-10/h4,7,12H,3,5-6,8H2,1-2H3,(H,13,14). The van der Waals surface area contributed by atoms with E-state index in [1.807, 2.05) is 0 Å². The summed E-state index contributed by atoms with van der Waals surface area (Å²) < 4.78 is 4.74. The molecule has 0 bridgehead atoms. The molecule has 0 radical (unpaired) electrons. The summed E-state index contributed by atoms with van der Waals surface area (Å²) in [6.07, 6.45) is -0.350. The summed E-state index contributed by atoms with van der Waals surface area (Å²) in [6, 6.07) is 2.11. The van der Waals surface area contributed by atoms with Crippen LogP contribution in [0.1, 0.15) is 17.4 Å². The Morgan fingerprint density at radius 2 is 2.31 bits per heavy atom. The fourth-order valence-electron chi connectivity index (χ4n) is 1.22. The second-order valence-corrected chi connectivity index (χ2v) is 4.35. The maximum atomic E-state index is 10.9.